The molecular weight excluding hydrogens is 188 g/mol. The van der Waals surface area contributed by atoms with Gasteiger partial charge in [-0.05, 0) is 19.3 Å². The molecule has 3 nitrogen and oxygen atoms in total. The molecular formula is C12H22N2O. The first-order valence-corrected chi connectivity index (χ1v) is 6.04. The van der Waals surface area contributed by atoms with E-state index in [4.69, 9.17) is 0 Å². The lowest BCUT2D eigenvalue weighted by atomic mass is 9.92. The molecule has 3 heteroatoms. The lowest BCUT2D eigenvalue weighted by Gasteiger charge is -2.41. The van der Waals surface area contributed by atoms with E-state index in [9.17, 15) is 4.79 Å². The van der Waals surface area contributed by atoms with Gasteiger partial charge in [-0.3, -0.25) is 4.79 Å². The molecule has 86 valence electrons. The van der Waals surface area contributed by atoms with Gasteiger partial charge in [-0.2, -0.15) is 0 Å². The second kappa shape index (κ2) is 3.78. The third kappa shape index (κ3) is 2.03. The van der Waals surface area contributed by atoms with Gasteiger partial charge in [0, 0.05) is 30.6 Å². The Balaban J connectivity index is 2.11. The van der Waals surface area contributed by atoms with Gasteiger partial charge in [0.2, 0.25) is 5.91 Å². The summed E-state index contributed by atoms with van der Waals surface area (Å²) < 4.78 is 0. The van der Waals surface area contributed by atoms with Crippen molar-refractivity contribution < 1.29 is 4.79 Å². The van der Waals surface area contributed by atoms with Crippen LogP contribution in [0.4, 0.5) is 0 Å². The van der Waals surface area contributed by atoms with Crippen molar-refractivity contribution in [1.29, 1.82) is 0 Å². The highest BCUT2D eigenvalue weighted by atomic mass is 16.2. The van der Waals surface area contributed by atoms with Gasteiger partial charge in [-0.25, -0.2) is 0 Å². The van der Waals surface area contributed by atoms with E-state index in [-0.39, 0.29) is 5.41 Å². The molecule has 2 aliphatic rings. The normalized spacial score (nSPS) is 31.5. The van der Waals surface area contributed by atoms with E-state index in [1.165, 1.54) is 19.3 Å². The molecule has 1 aliphatic heterocycles. The van der Waals surface area contributed by atoms with Crippen molar-refractivity contribution in [3.05, 3.63) is 0 Å². The van der Waals surface area contributed by atoms with Crippen LogP contribution in [0.3, 0.4) is 0 Å². The number of amides is 1. The molecule has 1 heterocycles. The number of nitrogens with zero attached hydrogens (tertiary/aromatic N) is 1. The Labute approximate surface area is 92.2 Å². The van der Waals surface area contributed by atoms with E-state index < -0.39 is 0 Å². The maximum absolute atomic E-state index is 12.3. The number of rotatable bonds is 0. The fourth-order valence-corrected chi connectivity index (χ4v) is 2.77. The minimum atomic E-state index is -0.232. The summed E-state index contributed by atoms with van der Waals surface area (Å²) in [6.07, 6.45) is 3.67. The van der Waals surface area contributed by atoms with Crippen LogP contribution in [-0.4, -0.2) is 36.0 Å². The van der Waals surface area contributed by atoms with Crippen LogP contribution in [0.2, 0.25) is 0 Å². The summed E-state index contributed by atoms with van der Waals surface area (Å²) in [6.45, 7) is 7.89. The molecule has 0 radical (unpaired) electrons. The fraction of sp³-hybridized carbons (Fsp3) is 0.917. The van der Waals surface area contributed by atoms with Crippen molar-refractivity contribution in [2.75, 3.05) is 13.1 Å². The van der Waals surface area contributed by atoms with Crippen molar-refractivity contribution in [1.82, 2.24) is 10.2 Å². The van der Waals surface area contributed by atoms with Crippen LogP contribution in [0.1, 0.15) is 40.0 Å². The van der Waals surface area contributed by atoms with Crippen molar-refractivity contribution in [2.24, 2.45) is 5.41 Å². The first-order valence-electron chi connectivity index (χ1n) is 6.04. The molecule has 2 fully saturated rings. The molecule has 1 N–H and O–H groups in total. The SMILES string of the molecule is CC(C)(C)C(=O)N1CCNC2CCCC21. The highest BCUT2D eigenvalue weighted by Gasteiger charge is 2.40. The molecule has 0 spiro atoms. The van der Waals surface area contributed by atoms with Crippen LogP contribution < -0.4 is 5.32 Å². The quantitative estimate of drug-likeness (QED) is 0.655. The molecule has 1 saturated carbocycles. The zero-order valence-corrected chi connectivity index (χ0v) is 10.0. The second-order valence-electron chi connectivity index (χ2n) is 5.81. The van der Waals surface area contributed by atoms with Crippen LogP contribution in [0.5, 0.6) is 0 Å². The van der Waals surface area contributed by atoms with E-state index in [2.05, 4.69) is 10.2 Å². The molecule has 0 aromatic rings. The van der Waals surface area contributed by atoms with Crippen LogP contribution in [0.15, 0.2) is 0 Å². The molecule has 1 saturated heterocycles. The van der Waals surface area contributed by atoms with Gasteiger partial charge < -0.3 is 10.2 Å². The Morgan fingerprint density at radius 2 is 2.07 bits per heavy atom. The summed E-state index contributed by atoms with van der Waals surface area (Å²) in [5, 5.41) is 3.52. The maximum Gasteiger partial charge on any atom is 0.228 e. The number of hydrogen-bond acceptors (Lipinski definition) is 2. The van der Waals surface area contributed by atoms with Gasteiger partial charge in [-0.15, -0.1) is 0 Å². The van der Waals surface area contributed by atoms with Crippen LogP contribution >= 0.6 is 0 Å². The predicted octanol–water partition coefficient (Wildman–Crippen LogP) is 1.39. The molecule has 2 atom stereocenters. The molecule has 0 bridgehead atoms. The summed E-state index contributed by atoms with van der Waals surface area (Å²) in [6, 6.07) is 1.02. The summed E-state index contributed by atoms with van der Waals surface area (Å²) in [5.74, 6) is 0.320. The van der Waals surface area contributed by atoms with E-state index >= 15 is 0 Å². The Kier molecular flexibility index (Phi) is 2.75. The van der Waals surface area contributed by atoms with Gasteiger partial charge in [0.05, 0.1) is 0 Å². The van der Waals surface area contributed by atoms with Crippen LogP contribution in [-0.2, 0) is 4.79 Å². The average Bonchev–Trinajstić information content (AvgIpc) is 2.62. The van der Waals surface area contributed by atoms with Crippen molar-refractivity contribution in [2.45, 2.75) is 52.1 Å². The Hall–Kier alpha value is -0.570. The average molecular weight is 210 g/mol. The van der Waals surface area contributed by atoms with Gasteiger partial charge in [0.1, 0.15) is 0 Å². The molecule has 1 aliphatic carbocycles. The number of nitrogens with one attached hydrogen (secondary N) is 1. The van der Waals surface area contributed by atoms with E-state index in [0.717, 1.165) is 13.1 Å². The molecule has 1 amide bonds. The first-order chi connectivity index (χ1) is 7.00. The van der Waals surface area contributed by atoms with Gasteiger partial charge in [-0.1, -0.05) is 20.8 Å². The van der Waals surface area contributed by atoms with Gasteiger partial charge >= 0.3 is 0 Å². The smallest absolute Gasteiger partial charge is 0.228 e. The summed E-state index contributed by atoms with van der Waals surface area (Å²) >= 11 is 0. The van der Waals surface area contributed by atoms with Crippen molar-refractivity contribution >= 4 is 5.91 Å². The highest BCUT2D eigenvalue weighted by molar-refractivity contribution is 5.82. The Morgan fingerprint density at radius 1 is 1.33 bits per heavy atom. The summed E-state index contributed by atoms with van der Waals surface area (Å²) in [7, 11) is 0. The number of hydrogen-bond donors (Lipinski definition) is 1. The van der Waals surface area contributed by atoms with E-state index in [0.29, 0.717) is 18.0 Å². The van der Waals surface area contributed by atoms with Crippen molar-refractivity contribution in [3.63, 3.8) is 0 Å². The third-order valence-corrected chi connectivity index (χ3v) is 3.54. The second-order valence-corrected chi connectivity index (χ2v) is 5.81. The minimum absolute atomic E-state index is 0.232. The fourth-order valence-electron chi connectivity index (χ4n) is 2.77. The Bertz CT molecular complexity index is 257. The lowest BCUT2D eigenvalue weighted by molar-refractivity contribution is -0.143. The molecule has 2 unspecified atom stereocenters. The summed E-state index contributed by atoms with van der Waals surface area (Å²) in [5.41, 5.74) is -0.232. The molecule has 15 heavy (non-hydrogen) atoms. The lowest BCUT2D eigenvalue weighted by Crippen LogP contribution is -2.59. The summed E-state index contributed by atoms with van der Waals surface area (Å²) in [4.78, 5) is 14.4. The van der Waals surface area contributed by atoms with Crippen molar-refractivity contribution in [3.8, 4) is 0 Å². The standard InChI is InChI=1S/C12H22N2O/c1-12(2,3)11(15)14-8-7-13-9-5-4-6-10(9)14/h9-10,13H,4-8H2,1-3H3. The zero-order chi connectivity index (χ0) is 11.1. The van der Waals surface area contributed by atoms with Crippen LogP contribution in [0.25, 0.3) is 0 Å². The number of piperazine rings is 1. The number of fused-ring (bicyclic) bond motifs is 1. The topological polar surface area (TPSA) is 32.3 Å². The van der Waals surface area contributed by atoms with E-state index in [1.807, 2.05) is 20.8 Å². The number of carbonyl (C=O) groups is 1. The van der Waals surface area contributed by atoms with E-state index in [1.54, 1.807) is 0 Å². The Morgan fingerprint density at radius 3 is 2.73 bits per heavy atom. The molecule has 0 aromatic heterocycles. The third-order valence-electron chi connectivity index (χ3n) is 3.54. The predicted molar refractivity (Wildman–Crippen MR) is 60.6 cm³/mol. The molecule has 0 aromatic carbocycles. The van der Waals surface area contributed by atoms with Crippen LogP contribution in [0, 0.1) is 5.41 Å². The highest BCUT2D eigenvalue weighted by Crippen LogP contribution is 2.29. The largest absolute Gasteiger partial charge is 0.336 e. The first kappa shape index (κ1) is 10.9. The monoisotopic (exact) mass is 210 g/mol. The number of carbonyl (C=O) groups excluding carboxylic acids is 1. The van der Waals surface area contributed by atoms with Gasteiger partial charge in [0.15, 0.2) is 0 Å². The molecule has 2 rings (SSSR count). The maximum atomic E-state index is 12.3. The van der Waals surface area contributed by atoms with Gasteiger partial charge in [0.25, 0.3) is 0 Å². The minimum Gasteiger partial charge on any atom is -0.336 e. The zero-order valence-electron chi connectivity index (χ0n) is 10.0.